The molecule has 0 saturated carbocycles. The Morgan fingerprint density at radius 1 is 1.75 bits per heavy atom. The van der Waals surface area contributed by atoms with Crippen molar-refractivity contribution in [3.63, 3.8) is 0 Å². The van der Waals surface area contributed by atoms with E-state index in [1.54, 1.807) is 11.3 Å². The molecule has 0 unspecified atom stereocenters. The third-order valence-electron chi connectivity index (χ3n) is 1.60. The molecule has 0 atom stereocenters. The number of carbonyl (C=O) groups is 1. The first-order valence-corrected chi connectivity index (χ1v) is 5.17. The molecule has 0 spiro atoms. The van der Waals surface area contributed by atoms with Crippen LogP contribution in [0.4, 0.5) is 0 Å². The summed E-state index contributed by atoms with van der Waals surface area (Å²) in [5.41, 5.74) is 1.13. The van der Waals surface area contributed by atoms with Crippen molar-refractivity contribution in [3.05, 3.63) is 20.3 Å². The van der Waals surface area contributed by atoms with Crippen molar-refractivity contribution in [2.75, 3.05) is 0 Å². The number of thiophene rings is 1. The van der Waals surface area contributed by atoms with Crippen LogP contribution in [-0.2, 0) is 11.2 Å². The van der Waals surface area contributed by atoms with Crippen LogP contribution in [0.3, 0.4) is 0 Å². The molecular formula is C8H9BrO2S. The van der Waals surface area contributed by atoms with Crippen LogP contribution in [-0.4, -0.2) is 11.1 Å². The van der Waals surface area contributed by atoms with Gasteiger partial charge in [0.25, 0.3) is 0 Å². The number of hydrogen-bond acceptors (Lipinski definition) is 2. The predicted octanol–water partition coefficient (Wildman–Crippen LogP) is 2.84. The largest absolute Gasteiger partial charge is 0.481 e. The Morgan fingerprint density at radius 2 is 2.42 bits per heavy atom. The van der Waals surface area contributed by atoms with Gasteiger partial charge in [-0.2, -0.15) is 0 Å². The van der Waals surface area contributed by atoms with Gasteiger partial charge < -0.3 is 5.11 Å². The van der Waals surface area contributed by atoms with E-state index in [9.17, 15) is 4.79 Å². The second-order valence-electron chi connectivity index (χ2n) is 2.53. The summed E-state index contributed by atoms with van der Waals surface area (Å²) in [5, 5.41) is 8.46. The van der Waals surface area contributed by atoms with Crippen molar-refractivity contribution in [3.8, 4) is 0 Å². The van der Waals surface area contributed by atoms with Gasteiger partial charge in [0.15, 0.2) is 0 Å². The topological polar surface area (TPSA) is 37.3 Å². The standard InChI is InChI=1S/C8H9BrO2S/c1-5-6(2-3-8(10)11)4-7(9)12-5/h4H,2-3H2,1H3,(H,10,11). The van der Waals surface area contributed by atoms with E-state index in [0.717, 1.165) is 9.35 Å². The third kappa shape index (κ3) is 2.60. The van der Waals surface area contributed by atoms with Gasteiger partial charge in [-0.25, -0.2) is 0 Å². The lowest BCUT2D eigenvalue weighted by atomic mass is 10.1. The highest BCUT2D eigenvalue weighted by atomic mass is 79.9. The fourth-order valence-electron chi connectivity index (χ4n) is 0.970. The lowest BCUT2D eigenvalue weighted by Gasteiger charge is -1.94. The number of halogens is 1. The summed E-state index contributed by atoms with van der Waals surface area (Å²) >= 11 is 5.01. The summed E-state index contributed by atoms with van der Waals surface area (Å²) in [5.74, 6) is -0.739. The maximum absolute atomic E-state index is 10.3. The van der Waals surface area contributed by atoms with Crippen LogP contribution in [0, 0.1) is 6.92 Å². The summed E-state index contributed by atoms with van der Waals surface area (Å²) in [7, 11) is 0. The van der Waals surface area contributed by atoms with Gasteiger partial charge in [0.1, 0.15) is 0 Å². The number of carboxylic acid groups (broad SMARTS) is 1. The smallest absolute Gasteiger partial charge is 0.303 e. The summed E-state index contributed by atoms with van der Waals surface area (Å²) in [6.45, 7) is 2.01. The average Bonchev–Trinajstić information content (AvgIpc) is 2.26. The van der Waals surface area contributed by atoms with E-state index in [2.05, 4.69) is 15.9 Å². The average molecular weight is 249 g/mol. The van der Waals surface area contributed by atoms with Gasteiger partial charge in [0.05, 0.1) is 3.79 Å². The fraction of sp³-hybridized carbons (Fsp3) is 0.375. The first-order valence-electron chi connectivity index (χ1n) is 3.56. The normalized spacial score (nSPS) is 10.2. The molecular weight excluding hydrogens is 240 g/mol. The maximum Gasteiger partial charge on any atom is 0.303 e. The zero-order valence-corrected chi connectivity index (χ0v) is 9.04. The third-order valence-corrected chi connectivity index (χ3v) is 3.19. The van der Waals surface area contributed by atoms with Crippen LogP contribution >= 0.6 is 27.3 Å². The fourth-order valence-corrected chi connectivity index (χ4v) is 2.76. The molecule has 0 bridgehead atoms. The molecule has 1 N–H and O–H groups in total. The molecule has 4 heteroatoms. The van der Waals surface area contributed by atoms with E-state index in [1.165, 1.54) is 4.88 Å². The lowest BCUT2D eigenvalue weighted by molar-refractivity contribution is -0.136. The van der Waals surface area contributed by atoms with Crippen molar-refractivity contribution in [1.82, 2.24) is 0 Å². The highest BCUT2D eigenvalue weighted by molar-refractivity contribution is 9.11. The molecule has 0 amide bonds. The molecule has 66 valence electrons. The van der Waals surface area contributed by atoms with E-state index in [1.807, 2.05) is 13.0 Å². The van der Waals surface area contributed by atoms with Gasteiger partial charge in [0, 0.05) is 11.3 Å². The van der Waals surface area contributed by atoms with Crippen LogP contribution in [0.2, 0.25) is 0 Å². The van der Waals surface area contributed by atoms with Gasteiger partial charge in [-0.05, 0) is 40.9 Å². The molecule has 0 aromatic carbocycles. The predicted molar refractivity (Wildman–Crippen MR) is 52.7 cm³/mol. The second-order valence-corrected chi connectivity index (χ2v) is 5.16. The minimum absolute atomic E-state index is 0.212. The summed E-state index contributed by atoms with van der Waals surface area (Å²) in [4.78, 5) is 11.5. The number of aryl methyl sites for hydroxylation is 2. The summed E-state index contributed by atoms with van der Waals surface area (Å²) in [6.07, 6.45) is 0.841. The molecule has 1 heterocycles. The molecule has 0 aliphatic carbocycles. The Morgan fingerprint density at radius 3 is 2.83 bits per heavy atom. The van der Waals surface area contributed by atoms with Gasteiger partial charge >= 0.3 is 5.97 Å². The van der Waals surface area contributed by atoms with Gasteiger partial charge in [-0.3, -0.25) is 4.79 Å². The van der Waals surface area contributed by atoms with E-state index in [0.29, 0.717) is 6.42 Å². The van der Waals surface area contributed by atoms with Crippen LogP contribution < -0.4 is 0 Å². The number of hydrogen-bond donors (Lipinski definition) is 1. The van der Waals surface area contributed by atoms with Crippen molar-refractivity contribution in [1.29, 1.82) is 0 Å². The Bertz CT molecular complexity index is 293. The Balaban J connectivity index is 2.62. The molecule has 1 aromatic rings. The minimum atomic E-state index is -0.739. The molecule has 2 nitrogen and oxygen atoms in total. The highest BCUT2D eigenvalue weighted by Gasteiger charge is 2.05. The summed E-state index contributed by atoms with van der Waals surface area (Å²) < 4.78 is 1.07. The zero-order valence-electron chi connectivity index (χ0n) is 6.63. The van der Waals surface area contributed by atoms with Gasteiger partial charge in [-0.1, -0.05) is 0 Å². The van der Waals surface area contributed by atoms with Crippen molar-refractivity contribution >= 4 is 33.2 Å². The monoisotopic (exact) mass is 248 g/mol. The molecule has 0 saturated heterocycles. The number of rotatable bonds is 3. The first kappa shape index (κ1) is 9.74. The van der Waals surface area contributed by atoms with E-state index in [4.69, 9.17) is 5.11 Å². The van der Waals surface area contributed by atoms with Crippen LogP contribution in [0.1, 0.15) is 16.9 Å². The quantitative estimate of drug-likeness (QED) is 0.894. The maximum atomic E-state index is 10.3. The Labute approximate surface area is 83.4 Å². The molecule has 0 fully saturated rings. The highest BCUT2D eigenvalue weighted by Crippen LogP contribution is 2.26. The lowest BCUT2D eigenvalue weighted by Crippen LogP contribution is -1.97. The number of carboxylic acids is 1. The van der Waals surface area contributed by atoms with E-state index in [-0.39, 0.29) is 6.42 Å². The van der Waals surface area contributed by atoms with Crippen LogP contribution in [0.5, 0.6) is 0 Å². The van der Waals surface area contributed by atoms with Crippen LogP contribution in [0.25, 0.3) is 0 Å². The zero-order chi connectivity index (χ0) is 9.14. The molecule has 0 radical (unpaired) electrons. The molecule has 1 aromatic heterocycles. The van der Waals surface area contributed by atoms with Crippen molar-refractivity contribution in [2.24, 2.45) is 0 Å². The van der Waals surface area contributed by atoms with Gasteiger partial charge in [0.2, 0.25) is 0 Å². The SMILES string of the molecule is Cc1sc(Br)cc1CCC(=O)O. The van der Waals surface area contributed by atoms with Crippen molar-refractivity contribution < 1.29 is 9.90 Å². The molecule has 1 rings (SSSR count). The van der Waals surface area contributed by atoms with Crippen molar-refractivity contribution in [2.45, 2.75) is 19.8 Å². The summed E-state index contributed by atoms with van der Waals surface area (Å²) in [6, 6.07) is 1.99. The number of aliphatic carboxylic acids is 1. The first-order chi connectivity index (χ1) is 5.59. The molecule has 12 heavy (non-hydrogen) atoms. The Hall–Kier alpha value is -0.350. The van der Waals surface area contributed by atoms with E-state index >= 15 is 0 Å². The molecule has 0 aliphatic heterocycles. The molecule has 0 aliphatic rings. The minimum Gasteiger partial charge on any atom is -0.481 e. The van der Waals surface area contributed by atoms with Crippen LogP contribution in [0.15, 0.2) is 9.85 Å². The van der Waals surface area contributed by atoms with E-state index < -0.39 is 5.97 Å². The van der Waals surface area contributed by atoms with Gasteiger partial charge in [-0.15, -0.1) is 11.3 Å². The second kappa shape index (κ2) is 4.05. The Kier molecular flexibility index (Phi) is 3.29.